The zero-order valence-electron chi connectivity index (χ0n) is 20.6. The Balaban J connectivity index is 1.51. The topological polar surface area (TPSA) is 189 Å². The van der Waals surface area contributed by atoms with Gasteiger partial charge in [0.1, 0.15) is 30.3 Å². The number of aromatic hydroxyl groups is 1. The number of hydrogen-bond acceptors (Lipinski definition) is 12. The average molecular weight is 545 g/mol. The molecule has 1 aliphatic carbocycles. The van der Waals surface area contributed by atoms with Crippen LogP contribution in [0.3, 0.4) is 0 Å². The number of aliphatic hydroxyl groups excluding tert-OH is 3. The summed E-state index contributed by atoms with van der Waals surface area (Å²) in [7, 11) is 0. The molecule has 0 bridgehead atoms. The Morgan fingerprint density at radius 2 is 1.82 bits per heavy atom. The van der Waals surface area contributed by atoms with Gasteiger partial charge in [-0.25, -0.2) is 9.59 Å². The van der Waals surface area contributed by atoms with Crippen molar-refractivity contribution in [3.05, 3.63) is 71.8 Å². The summed E-state index contributed by atoms with van der Waals surface area (Å²) in [5, 5.41) is 51.5. The Morgan fingerprint density at radius 3 is 2.51 bits per heavy atom. The highest BCUT2D eigenvalue weighted by Gasteiger charge is 2.48. The molecule has 1 heterocycles. The normalized spacial score (nSPS) is 28.5. The maximum atomic E-state index is 12.6. The molecular weight excluding hydrogens is 516 g/mol. The number of carbonyl (C=O) groups is 3. The van der Waals surface area contributed by atoms with Crippen LogP contribution in [0.25, 0.3) is 0 Å². The van der Waals surface area contributed by atoms with Gasteiger partial charge in [0.25, 0.3) is 0 Å². The van der Waals surface area contributed by atoms with Crippen LogP contribution < -0.4 is 4.74 Å². The van der Waals surface area contributed by atoms with E-state index >= 15 is 0 Å². The zero-order valence-corrected chi connectivity index (χ0v) is 20.6. The molecule has 0 unspecified atom stereocenters. The van der Waals surface area contributed by atoms with E-state index in [0.29, 0.717) is 6.42 Å². The van der Waals surface area contributed by atoms with Gasteiger partial charge in [0.05, 0.1) is 12.2 Å². The minimum absolute atomic E-state index is 0.0343. The molecule has 12 heteroatoms. The van der Waals surface area contributed by atoms with Crippen LogP contribution in [0.2, 0.25) is 0 Å². The fourth-order valence-corrected chi connectivity index (χ4v) is 4.16. The van der Waals surface area contributed by atoms with Crippen molar-refractivity contribution < 1.29 is 58.9 Å². The maximum Gasteiger partial charge on any atom is 0.350 e. The SMILES string of the molecule is O=C(O[C@@H]1[C@@H](O)[C@H](Oc2ccc(O)cc2COC(=O)[C@@]2(O)C=CCCC2=O)O[C@H](CO)[C@H]1O)c1ccccc1. The predicted octanol–water partition coefficient (Wildman–Crippen LogP) is 0.129. The second-order valence-electron chi connectivity index (χ2n) is 9.06. The summed E-state index contributed by atoms with van der Waals surface area (Å²) in [6.07, 6.45) is -4.87. The average Bonchev–Trinajstić information content (AvgIpc) is 2.94. The molecule has 2 aliphatic rings. The van der Waals surface area contributed by atoms with Crippen LogP contribution in [0.15, 0.2) is 60.7 Å². The summed E-state index contributed by atoms with van der Waals surface area (Å²) in [4.78, 5) is 37.2. The van der Waals surface area contributed by atoms with Crippen LogP contribution in [0.1, 0.15) is 28.8 Å². The number of ether oxygens (including phenoxy) is 4. The van der Waals surface area contributed by atoms with Crippen molar-refractivity contribution in [1.82, 2.24) is 0 Å². The highest BCUT2D eigenvalue weighted by molar-refractivity contribution is 6.09. The third-order valence-corrected chi connectivity index (χ3v) is 6.35. The Labute approximate surface area is 222 Å². The lowest BCUT2D eigenvalue weighted by molar-refractivity contribution is -0.277. The van der Waals surface area contributed by atoms with E-state index in [2.05, 4.69) is 0 Å². The first-order valence-corrected chi connectivity index (χ1v) is 12.1. The van der Waals surface area contributed by atoms with Gasteiger partial charge in [-0.2, -0.15) is 0 Å². The largest absolute Gasteiger partial charge is 0.508 e. The molecule has 0 amide bonds. The van der Waals surface area contributed by atoms with Crippen molar-refractivity contribution in [3.8, 4) is 11.5 Å². The number of hydrogen-bond donors (Lipinski definition) is 5. The van der Waals surface area contributed by atoms with Crippen LogP contribution in [0.4, 0.5) is 0 Å². The lowest BCUT2D eigenvalue weighted by Crippen LogP contribution is -2.61. The number of phenols is 1. The highest BCUT2D eigenvalue weighted by atomic mass is 16.7. The quantitative estimate of drug-likeness (QED) is 0.172. The number of esters is 2. The van der Waals surface area contributed by atoms with E-state index in [9.17, 15) is 39.9 Å². The van der Waals surface area contributed by atoms with Crippen molar-refractivity contribution in [1.29, 1.82) is 0 Å². The lowest BCUT2D eigenvalue weighted by atomic mass is 9.90. The summed E-state index contributed by atoms with van der Waals surface area (Å²) < 4.78 is 21.7. The molecular formula is C27H28O12. The van der Waals surface area contributed by atoms with Crippen molar-refractivity contribution in [3.63, 3.8) is 0 Å². The van der Waals surface area contributed by atoms with Crippen LogP contribution in [0.5, 0.6) is 11.5 Å². The summed E-state index contributed by atoms with van der Waals surface area (Å²) in [5.41, 5.74) is -2.20. The first kappa shape index (κ1) is 28.2. The standard InChI is InChI=1S/C27H28O12/c28-13-19-21(31)23(39-24(33)15-6-2-1-3-7-15)22(32)25(38-19)37-18-10-9-17(29)12-16(18)14-36-26(34)27(35)11-5-4-8-20(27)30/h1-3,5-7,9-12,19,21-23,25,28-29,31-32,35H,4,8,13-14H2/t19-,21-,22-,23+,25-,27-/m1/s1. The van der Waals surface area contributed by atoms with E-state index in [4.69, 9.17) is 18.9 Å². The molecule has 2 aromatic carbocycles. The van der Waals surface area contributed by atoms with E-state index in [1.165, 1.54) is 36.4 Å². The van der Waals surface area contributed by atoms with Crippen molar-refractivity contribution in [2.45, 2.75) is 55.8 Å². The van der Waals surface area contributed by atoms with Crippen LogP contribution in [0, 0.1) is 0 Å². The first-order chi connectivity index (χ1) is 18.6. The molecule has 4 rings (SSSR count). The molecule has 5 N–H and O–H groups in total. The molecule has 6 atom stereocenters. The number of rotatable bonds is 8. The van der Waals surface area contributed by atoms with Crippen molar-refractivity contribution >= 4 is 17.7 Å². The van der Waals surface area contributed by atoms with Gasteiger partial charge in [-0.1, -0.05) is 24.3 Å². The summed E-state index contributed by atoms with van der Waals surface area (Å²) in [6.45, 7) is -1.25. The number of allylic oxidation sites excluding steroid dienone is 1. The van der Waals surface area contributed by atoms with E-state index in [1.54, 1.807) is 18.2 Å². The molecule has 2 aromatic rings. The first-order valence-electron chi connectivity index (χ1n) is 12.1. The Kier molecular flexibility index (Phi) is 8.63. The van der Waals surface area contributed by atoms with Crippen molar-refractivity contribution in [2.75, 3.05) is 6.61 Å². The fraction of sp³-hybridized carbons (Fsp3) is 0.370. The monoisotopic (exact) mass is 544 g/mol. The molecule has 39 heavy (non-hydrogen) atoms. The van der Waals surface area contributed by atoms with E-state index in [0.717, 1.165) is 6.08 Å². The number of ketones is 1. The zero-order chi connectivity index (χ0) is 28.2. The molecule has 0 radical (unpaired) electrons. The number of phenolic OH excluding ortho intramolecular Hbond substituents is 1. The number of carbonyl (C=O) groups excluding carboxylic acids is 3. The van der Waals surface area contributed by atoms with Gasteiger partial charge in [0.2, 0.25) is 11.9 Å². The third-order valence-electron chi connectivity index (χ3n) is 6.35. The highest BCUT2D eigenvalue weighted by Crippen LogP contribution is 2.31. The minimum atomic E-state index is -2.43. The molecule has 208 valence electrons. The van der Waals surface area contributed by atoms with E-state index < -0.39 is 67.2 Å². The van der Waals surface area contributed by atoms with Gasteiger partial charge in [-0.3, -0.25) is 4.79 Å². The maximum absolute atomic E-state index is 12.6. The van der Waals surface area contributed by atoms with Crippen LogP contribution >= 0.6 is 0 Å². The predicted molar refractivity (Wildman–Crippen MR) is 130 cm³/mol. The van der Waals surface area contributed by atoms with Crippen LogP contribution in [-0.4, -0.2) is 86.2 Å². The third kappa shape index (κ3) is 6.10. The molecule has 1 saturated heterocycles. The lowest BCUT2D eigenvalue weighted by Gasteiger charge is -2.41. The molecule has 12 nitrogen and oxygen atoms in total. The Hall–Kier alpha value is -3.81. The fourth-order valence-electron chi connectivity index (χ4n) is 4.16. The van der Waals surface area contributed by atoms with Crippen LogP contribution in [-0.2, 0) is 30.4 Å². The number of aliphatic hydroxyl groups is 4. The van der Waals surface area contributed by atoms with Gasteiger partial charge < -0.3 is 44.5 Å². The number of benzene rings is 2. The van der Waals surface area contributed by atoms with Gasteiger partial charge in [-0.15, -0.1) is 0 Å². The second-order valence-corrected chi connectivity index (χ2v) is 9.06. The molecule has 0 aromatic heterocycles. The Morgan fingerprint density at radius 1 is 1.08 bits per heavy atom. The second kappa shape index (κ2) is 11.9. The summed E-state index contributed by atoms with van der Waals surface area (Å²) in [5.74, 6) is -3.06. The van der Waals surface area contributed by atoms with Gasteiger partial charge >= 0.3 is 11.9 Å². The molecule has 0 saturated carbocycles. The van der Waals surface area contributed by atoms with Gasteiger partial charge in [0.15, 0.2) is 18.0 Å². The van der Waals surface area contributed by atoms with E-state index in [1.807, 2.05) is 0 Å². The van der Waals surface area contributed by atoms with Gasteiger partial charge in [0, 0.05) is 12.0 Å². The van der Waals surface area contributed by atoms with Crippen molar-refractivity contribution in [2.24, 2.45) is 0 Å². The molecule has 1 fully saturated rings. The minimum Gasteiger partial charge on any atom is -0.508 e. The Bertz CT molecular complexity index is 1230. The summed E-state index contributed by atoms with van der Waals surface area (Å²) in [6, 6.07) is 11.6. The molecule has 1 aliphatic heterocycles. The summed E-state index contributed by atoms with van der Waals surface area (Å²) >= 11 is 0. The number of Topliss-reactive ketones (excluding diaryl/α,β-unsaturated/α-hetero) is 1. The van der Waals surface area contributed by atoms with Gasteiger partial charge in [-0.05, 0) is 42.8 Å². The van der Waals surface area contributed by atoms with E-state index in [-0.39, 0.29) is 29.0 Å². The smallest absolute Gasteiger partial charge is 0.350 e. The molecule has 0 spiro atoms.